The molecule has 0 nitrogen and oxygen atoms in total. The van der Waals surface area contributed by atoms with Crippen molar-refractivity contribution >= 4 is 23.2 Å². The minimum atomic E-state index is 0.194. The van der Waals surface area contributed by atoms with E-state index in [1.807, 2.05) is 6.92 Å². The lowest BCUT2D eigenvalue weighted by atomic mass is 10.2. The van der Waals surface area contributed by atoms with Crippen LogP contribution >= 0.6 is 23.2 Å². The molecule has 0 bridgehead atoms. The summed E-state index contributed by atoms with van der Waals surface area (Å²) in [6.45, 7) is 20.0. The van der Waals surface area contributed by atoms with E-state index < -0.39 is 0 Å². The van der Waals surface area contributed by atoms with Crippen molar-refractivity contribution in [2.75, 3.05) is 5.34 Å². The van der Waals surface area contributed by atoms with Crippen LogP contribution < -0.4 is 0 Å². The molecule has 0 aliphatic carbocycles. The Bertz CT molecular complexity index is 138. The number of alkyl halides is 2. The molecule has 0 aromatic heterocycles. The molecule has 0 fully saturated rings. The molecular formula is C16H34Cl2. The van der Waals surface area contributed by atoms with Gasteiger partial charge >= 0.3 is 0 Å². The van der Waals surface area contributed by atoms with E-state index in [1.54, 1.807) is 6.08 Å². The molecule has 0 aliphatic heterocycles. The van der Waals surface area contributed by atoms with E-state index >= 15 is 0 Å². The lowest BCUT2D eigenvalue weighted by molar-refractivity contribution is 0.626. The fraction of sp³-hybridized carbons (Fsp3) is 0.750. The zero-order chi connectivity index (χ0) is 15.4. The highest BCUT2D eigenvalue weighted by Gasteiger charge is 1.80. The van der Waals surface area contributed by atoms with Crippen molar-refractivity contribution in [1.29, 1.82) is 0 Å². The molecule has 112 valence electrons. The number of unbranched alkanes of at least 4 members (excludes halogenated alkanes) is 2. The third-order valence-electron chi connectivity index (χ3n) is 1.87. The summed E-state index contributed by atoms with van der Waals surface area (Å²) in [7, 11) is 0. The van der Waals surface area contributed by atoms with Crippen LogP contribution in [0.15, 0.2) is 24.8 Å². The van der Waals surface area contributed by atoms with Gasteiger partial charge in [0, 0.05) is 0 Å². The standard InChI is InChI=1S/C5H12.C5H8.C5H12.CH2Cl2/c2*1-4-5(2)3;1-3-5-4-2;2-1-3/h5H,4H2,1-3H3;4H,1-2H2,3H3;3-5H2,1-2H3;1H2. The van der Waals surface area contributed by atoms with Crippen LogP contribution in [0.1, 0.15) is 67.2 Å². The average molecular weight is 297 g/mol. The summed E-state index contributed by atoms with van der Waals surface area (Å²) in [5, 5.41) is 0.194. The van der Waals surface area contributed by atoms with Gasteiger partial charge in [0.2, 0.25) is 0 Å². The number of rotatable bonds is 4. The second-order valence-electron chi connectivity index (χ2n) is 4.31. The monoisotopic (exact) mass is 296 g/mol. The molecule has 0 amide bonds. The van der Waals surface area contributed by atoms with E-state index in [-0.39, 0.29) is 5.34 Å². The fourth-order valence-corrected chi connectivity index (χ4v) is 0.354. The summed E-state index contributed by atoms with van der Waals surface area (Å²) >= 11 is 9.53. The van der Waals surface area contributed by atoms with Gasteiger partial charge in [-0.15, -0.1) is 23.2 Å². The molecule has 0 saturated carbocycles. The van der Waals surface area contributed by atoms with Gasteiger partial charge < -0.3 is 0 Å². The van der Waals surface area contributed by atoms with Crippen LogP contribution in [-0.2, 0) is 0 Å². The third kappa shape index (κ3) is 99.2. The molecule has 0 N–H and O–H groups in total. The second-order valence-corrected chi connectivity index (χ2v) is 5.12. The van der Waals surface area contributed by atoms with Gasteiger partial charge in [0.1, 0.15) is 0 Å². The van der Waals surface area contributed by atoms with Crippen LogP contribution in [0.5, 0.6) is 0 Å². The molecule has 18 heavy (non-hydrogen) atoms. The topological polar surface area (TPSA) is 0 Å². The highest BCUT2D eigenvalue weighted by Crippen LogP contribution is 1.93. The Balaban J connectivity index is -0.0000000739. The first kappa shape index (κ1) is 26.6. The van der Waals surface area contributed by atoms with Crippen LogP contribution in [0.25, 0.3) is 0 Å². The van der Waals surface area contributed by atoms with Crippen molar-refractivity contribution < 1.29 is 0 Å². The Kier molecular flexibility index (Phi) is 44.7. The second kappa shape index (κ2) is 30.3. The van der Waals surface area contributed by atoms with Crippen molar-refractivity contribution in [2.45, 2.75) is 67.2 Å². The molecular weight excluding hydrogens is 263 g/mol. The first-order valence-electron chi connectivity index (χ1n) is 6.77. The van der Waals surface area contributed by atoms with Crippen molar-refractivity contribution in [1.82, 2.24) is 0 Å². The van der Waals surface area contributed by atoms with Gasteiger partial charge in [0.25, 0.3) is 0 Å². The van der Waals surface area contributed by atoms with Gasteiger partial charge in [-0.05, 0) is 12.8 Å². The van der Waals surface area contributed by atoms with Gasteiger partial charge in [-0.2, -0.15) is 0 Å². The van der Waals surface area contributed by atoms with Crippen molar-refractivity contribution in [3.8, 4) is 0 Å². The van der Waals surface area contributed by atoms with E-state index in [9.17, 15) is 0 Å². The lowest BCUT2D eigenvalue weighted by Crippen LogP contribution is -1.77. The fourth-order valence-electron chi connectivity index (χ4n) is 0.354. The SMILES string of the molecule is C=CC(=C)C.CCC(C)C.CCCCC.ClCCl. The van der Waals surface area contributed by atoms with E-state index in [0.29, 0.717) is 0 Å². The summed E-state index contributed by atoms with van der Waals surface area (Å²) < 4.78 is 0. The molecule has 0 radical (unpaired) electrons. The minimum absolute atomic E-state index is 0.194. The summed E-state index contributed by atoms with van der Waals surface area (Å²) in [4.78, 5) is 0. The molecule has 0 aromatic rings. The Hall–Kier alpha value is 0.0600. The Morgan fingerprint density at radius 2 is 1.33 bits per heavy atom. The number of hydrogen-bond donors (Lipinski definition) is 0. The highest BCUT2D eigenvalue weighted by molar-refractivity contribution is 6.40. The van der Waals surface area contributed by atoms with Gasteiger partial charge in [0.15, 0.2) is 0 Å². The average Bonchev–Trinajstić information content (AvgIpc) is 2.32. The number of hydrogen-bond acceptors (Lipinski definition) is 0. The van der Waals surface area contributed by atoms with Crippen LogP contribution in [0.4, 0.5) is 0 Å². The van der Waals surface area contributed by atoms with Crippen molar-refractivity contribution in [3.05, 3.63) is 24.8 Å². The molecule has 0 atom stereocenters. The number of halogens is 2. The minimum Gasteiger partial charge on any atom is -0.109 e. The van der Waals surface area contributed by atoms with Crippen molar-refractivity contribution in [2.24, 2.45) is 5.92 Å². The first-order chi connectivity index (χ1) is 8.37. The van der Waals surface area contributed by atoms with E-state index in [0.717, 1.165) is 11.5 Å². The maximum atomic E-state index is 4.76. The normalized spacial score (nSPS) is 7.83. The molecule has 0 aromatic carbocycles. The summed E-state index contributed by atoms with van der Waals surface area (Å²) in [5.74, 6) is 0.884. The predicted molar refractivity (Wildman–Crippen MR) is 91.9 cm³/mol. The first-order valence-corrected chi connectivity index (χ1v) is 7.84. The molecule has 0 unspecified atom stereocenters. The summed E-state index contributed by atoms with van der Waals surface area (Å²) in [5.41, 5.74) is 1.02. The highest BCUT2D eigenvalue weighted by atomic mass is 35.5. The Morgan fingerprint density at radius 3 is 1.33 bits per heavy atom. The van der Waals surface area contributed by atoms with Crippen molar-refractivity contribution in [3.63, 3.8) is 0 Å². The lowest BCUT2D eigenvalue weighted by Gasteiger charge is -1.90. The number of allylic oxidation sites excluding steroid dienone is 2. The largest absolute Gasteiger partial charge is 0.109 e. The maximum Gasteiger partial charge on any atom is 0.0967 e. The van der Waals surface area contributed by atoms with E-state index in [2.05, 4.69) is 47.8 Å². The van der Waals surface area contributed by atoms with E-state index in [1.165, 1.54) is 25.7 Å². The molecule has 0 heterocycles. The van der Waals surface area contributed by atoms with E-state index in [4.69, 9.17) is 23.2 Å². The molecule has 0 rings (SSSR count). The maximum absolute atomic E-state index is 4.76. The zero-order valence-corrected chi connectivity index (χ0v) is 14.9. The molecule has 0 aliphatic rings. The quantitative estimate of drug-likeness (QED) is 0.374. The predicted octanol–water partition coefficient (Wildman–Crippen LogP) is 7.42. The van der Waals surface area contributed by atoms with Crippen LogP contribution in [0.2, 0.25) is 0 Å². The van der Waals surface area contributed by atoms with Crippen LogP contribution in [0, 0.1) is 5.92 Å². The third-order valence-corrected chi connectivity index (χ3v) is 1.87. The summed E-state index contributed by atoms with van der Waals surface area (Å²) in [6.07, 6.45) is 7.10. The molecule has 0 spiro atoms. The molecule has 2 heteroatoms. The Morgan fingerprint density at radius 1 is 1.11 bits per heavy atom. The van der Waals surface area contributed by atoms with Gasteiger partial charge in [-0.1, -0.05) is 85.1 Å². The van der Waals surface area contributed by atoms with Crippen LogP contribution in [0.3, 0.4) is 0 Å². The zero-order valence-electron chi connectivity index (χ0n) is 13.4. The smallest absolute Gasteiger partial charge is 0.0967 e. The molecule has 0 saturated heterocycles. The van der Waals surface area contributed by atoms with Gasteiger partial charge in [-0.3, -0.25) is 0 Å². The van der Waals surface area contributed by atoms with Crippen LogP contribution in [-0.4, -0.2) is 5.34 Å². The summed E-state index contributed by atoms with van der Waals surface area (Å²) in [6, 6.07) is 0. The van der Waals surface area contributed by atoms with Gasteiger partial charge in [0.05, 0.1) is 5.34 Å². The van der Waals surface area contributed by atoms with Gasteiger partial charge in [-0.25, -0.2) is 0 Å². The Labute approximate surface area is 126 Å².